The number of nitrogens with zero attached hydrogens (tertiary/aromatic N) is 1. The maximum Gasteiger partial charge on any atom is 0.242 e. The molecule has 0 fully saturated rings. The smallest absolute Gasteiger partial charge is 0.242 e. The molecule has 0 saturated heterocycles. The van der Waals surface area contributed by atoms with Crippen LogP contribution in [0.15, 0.2) is 65.7 Å². The molecule has 0 aliphatic heterocycles. The molecule has 0 radical (unpaired) electrons. The lowest BCUT2D eigenvalue weighted by Crippen LogP contribution is -2.40. The van der Waals surface area contributed by atoms with Gasteiger partial charge in [-0.2, -0.15) is 0 Å². The van der Waals surface area contributed by atoms with E-state index in [0.717, 1.165) is 17.9 Å². The molecular formula is C20H27IN4O2. The second-order valence-electron chi connectivity index (χ2n) is 5.55. The minimum absolute atomic E-state index is 0. The van der Waals surface area contributed by atoms with Gasteiger partial charge in [0.1, 0.15) is 18.9 Å². The molecule has 0 heterocycles. The summed E-state index contributed by atoms with van der Waals surface area (Å²) in [4.78, 5) is 16.2. The Morgan fingerprint density at radius 2 is 1.63 bits per heavy atom. The van der Waals surface area contributed by atoms with Crippen molar-refractivity contribution in [2.24, 2.45) is 4.99 Å². The van der Waals surface area contributed by atoms with E-state index in [1.165, 1.54) is 0 Å². The zero-order chi connectivity index (χ0) is 18.5. The van der Waals surface area contributed by atoms with Crippen molar-refractivity contribution in [1.82, 2.24) is 16.0 Å². The summed E-state index contributed by atoms with van der Waals surface area (Å²) >= 11 is 0. The van der Waals surface area contributed by atoms with Crippen LogP contribution in [0.3, 0.4) is 0 Å². The Morgan fingerprint density at radius 3 is 2.30 bits per heavy atom. The summed E-state index contributed by atoms with van der Waals surface area (Å²) in [6.45, 7) is 4.37. The van der Waals surface area contributed by atoms with Gasteiger partial charge in [0.05, 0.1) is 6.54 Å². The van der Waals surface area contributed by atoms with Crippen molar-refractivity contribution in [1.29, 1.82) is 0 Å². The molecule has 0 aromatic heterocycles. The Kier molecular flexibility index (Phi) is 11.7. The Labute approximate surface area is 177 Å². The number of carbonyl (C=O) groups excluding carboxylic acids is 1. The molecule has 7 heteroatoms. The van der Waals surface area contributed by atoms with Gasteiger partial charge in [0.15, 0.2) is 5.96 Å². The first-order valence-corrected chi connectivity index (χ1v) is 8.78. The van der Waals surface area contributed by atoms with E-state index in [4.69, 9.17) is 4.74 Å². The summed E-state index contributed by atoms with van der Waals surface area (Å²) in [7, 11) is 0. The molecule has 1 amide bonds. The van der Waals surface area contributed by atoms with Crippen LogP contribution in [0.5, 0.6) is 5.75 Å². The van der Waals surface area contributed by atoms with Crippen molar-refractivity contribution in [3.8, 4) is 5.75 Å². The number of rotatable bonds is 9. The first-order chi connectivity index (χ1) is 12.8. The number of amides is 1. The standard InChI is InChI=1S/C20H26N4O2.HI/c1-2-21-20(22-13-14-26-18-11-7-4-8-12-18)24-16-19(25)23-15-17-9-5-3-6-10-17;/h3-12H,2,13-16H2,1H3,(H,23,25)(H2,21,22,24);1H. The van der Waals surface area contributed by atoms with Gasteiger partial charge in [-0.3, -0.25) is 4.79 Å². The lowest BCUT2D eigenvalue weighted by molar-refractivity contribution is -0.119. The van der Waals surface area contributed by atoms with Gasteiger partial charge < -0.3 is 20.7 Å². The molecule has 146 valence electrons. The Bertz CT molecular complexity index is 681. The van der Waals surface area contributed by atoms with E-state index in [2.05, 4.69) is 20.9 Å². The maximum atomic E-state index is 11.9. The van der Waals surface area contributed by atoms with Gasteiger partial charge in [0.2, 0.25) is 5.91 Å². The topological polar surface area (TPSA) is 74.8 Å². The van der Waals surface area contributed by atoms with Crippen LogP contribution in [-0.2, 0) is 11.3 Å². The molecule has 0 saturated carbocycles. The predicted molar refractivity (Wildman–Crippen MR) is 120 cm³/mol. The molecule has 0 aliphatic carbocycles. The molecule has 0 bridgehead atoms. The molecular weight excluding hydrogens is 455 g/mol. The highest BCUT2D eigenvalue weighted by atomic mass is 127. The normalized spacial score (nSPS) is 10.5. The van der Waals surface area contributed by atoms with Gasteiger partial charge in [-0.1, -0.05) is 48.5 Å². The first kappa shape index (κ1) is 22.8. The number of halogens is 1. The van der Waals surface area contributed by atoms with Gasteiger partial charge >= 0.3 is 0 Å². The van der Waals surface area contributed by atoms with E-state index < -0.39 is 0 Å². The van der Waals surface area contributed by atoms with Gasteiger partial charge in [0.25, 0.3) is 0 Å². The fourth-order valence-electron chi connectivity index (χ4n) is 2.20. The van der Waals surface area contributed by atoms with Crippen molar-refractivity contribution in [3.05, 3.63) is 66.2 Å². The minimum Gasteiger partial charge on any atom is -0.492 e. The number of hydrogen-bond acceptors (Lipinski definition) is 3. The van der Waals surface area contributed by atoms with Crippen molar-refractivity contribution < 1.29 is 9.53 Å². The highest BCUT2D eigenvalue weighted by molar-refractivity contribution is 14.0. The van der Waals surface area contributed by atoms with Crippen LogP contribution in [0.1, 0.15) is 12.5 Å². The van der Waals surface area contributed by atoms with Crippen LogP contribution >= 0.6 is 24.0 Å². The molecule has 2 aromatic rings. The Morgan fingerprint density at radius 1 is 0.963 bits per heavy atom. The molecule has 2 aromatic carbocycles. The number of ether oxygens (including phenoxy) is 1. The average molecular weight is 482 g/mol. The van der Waals surface area contributed by atoms with Crippen LogP contribution < -0.4 is 20.7 Å². The number of hydrogen-bond donors (Lipinski definition) is 3. The van der Waals surface area contributed by atoms with Crippen molar-refractivity contribution >= 4 is 35.8 Å². The molecule has 2 rings (SSSR count). The van der Waals surface area contributed by atoms with Crippen molar-refractivity contribution in [3.63, 3.8) is 0 Å². The Hall–Kier alpha value is -2.29. The lowest BCUT2D eigenvalue weighted by Gasteiger charge is -2.12. The van der Waals surface area contributed by atoms with Gasteiger partial charge in [0, 0.05) is 13.1 Å². The number of nitrogens with one attached hydrogen (secondary N) is 3. The average Bonchev–Trinajstić information content (AvgIpc) is 2.69. The van der Waals surface area contributed by atoms with Gasteiger partial charge in [-0.05, 0) is 24.6 Å². The zero-order valence-corrected chi connectivity index (χ0v) is 17.8. The maximum absolute atomic E-state index is 11.9. The van der Waals surface area contributed by atoms with E-state index in [1.54, 1.807) is 0 Å². The van der Waals surface area contributed by atoms with E-state index in [9.17, 15) is 4.79 Å². The van der Waals surface area contributed by atoms with Crippen LogP contribution in [0, 0.1) is 0 Å². The summed E-state index contributed by atoms with van der Waals surface area (Å²) in [6, 6.07) is 19.4. The minimum atomic E-state index is -0.119. The monoisotopic (exact) mass is 482 g/mol. The molecule has 0 spiro atoms. The van der Waals surface area contributed by atoms with Gasteiger partial charge in [-0.25, -0.2) is 4.99 Å². The predicted octanol–water partition coefficient (Wildman–Crippen LogP) is 2.55. The Balaban J connectivity index is 0.00000364. The number of carbonyl (C=O) groups is 1. The second-order valence-corrected chi connectivity index (χ2v) is 5.55. The summed E-state index contributed by atoms with van der Waals surface area (Å²) in [6.07, 6.45) is 0. The molecule has 0 unspecified atom stereocenters. The van der Waals surface area contributed by atoms with Crippen LogP contribution in [0.25, 0.3) is 0 Å². The van der Waals surface area contributed by atoms with Gasteiger partial charge in [-0.15, -0.1) is 24.0 Å². The van der Waals surface area contributed by atoms with Crippen molar-refractivity contribution in [2.75, 3.05) is 26.2 Å². The third kappa shape index (κ3) is 9.83. The highest BCUT2D eigenvalue weighted by Gasteiger charge is 2.02. The number of para-hydroxylation sites is 1. The van der Waals surface area contributed by atoms with E-state index >= 15 is 0 Å². The van der Waals surface area contributed by atoms with Crippen LogP contribution in [-0.4, -0.2) is 38.1 Å². The van der Waals surface area contributed by atoms with Crippen LogP contribution in [0.4, 0.5) is 0 Å². The van der Waals surface area contributed by atoms with Crippen molar-refractivity contribution in [2.45, 2.75) is 13.5 Å². The number of aliphatic imine (C=N–C) groups is 1. The molecule has 27 heavy (non-hydrogen) atoms. The second kappa shape index (κ2) is 13.9. The summed E-state index contributed by atoms with van der Waals surface area (Å²) in [5.74, 6) is 1.31. The fourth-order valence-corrected chi connectivity index (χ4v) is 2.20. The van der Waals surface area contributed by atoms with Crippen LogP contribution in [0.2, 0.25) is 0 Å². The summed E-state index contributed by atoms with van der Waals surface area (Å²) in [5.41, 5.74) is 1.06. The van der Waals surface area contributed by atoms with E-state index in [0.29, 0.717) is 25.7 Å². The molecule has 0 atom stereocenters. The first-order valence-electron chi connectivity index (χ1n) is 8.78. The number of guanidine groups is 1. The number of benzene rings is 2. The lowest BCUT2D eigenvalue weighted by atomic mass is 10.2. The molecule has 3 N–H and O–H groups in total. The van der Waals surface area contributed by atoms with E-state index in [-0.39, 0.29) is 36.4 Å². The molecule has 6 nitrogen and oxygen atoms in total. The SMILES string of the molecule is CCNC(=NCC(=O)NCc1ccccc1)NCCOc1ccccc1.I. The largest absolute Gasteiger partial charge is 0.492 e. The fraction of sp³-hybridized carbons (Fsp3) is 0.300. The summed E-state index contributed by atoms with van der Waals surface area (Å²) in [5, 5.41) is 9.13. The zero-order valence-electron chi connectivity index (χ0n) is 15.5. The van der Waals surface area contributed by atoms with E-state index in [1.807, 2.05) is 67.6 Å². The highest BCUT2D eigenvalue weighted by Crippen LogP contribution is 2.07. The third-order valence-electron chi connectivity index (χ3n) is 3.46. The molecule has 0 aliphatic rings. The quantitative estimate of drug-likeness (QED) is 0.222. The third-order valence-corrected chi connectivity index (χ3v) is 3.46. The summed E-state index contributed by atoms with van der Waals surface area (Å²) < 4.78 is 5.62.